The van der Waals surface area contributed by atoms with Crippen LogP contribution in [0.15, 0.2) is 78.2 Å². The van der Waals surface area contributed by atoms with Gasteiger partial charge in [-0.3, -0.25) is 14.4 Å². The van der Waals surface area contributed by atoms with Crippen molar-refractivity contribution in [1.82, 2.24) is 4.98 Å². The number of benzene rings is 3. The van der Waals surface area contributed by atoms with E-state index in [2.05, 4.69) is 10.3 Å². The van der Waals surface area contributed by atoms with E-state index in [-0.39, 0.29) is 17.7 Å². The van der Waals surface area contributed by atoms with Crippen LogP contribution in [-0.4, -0.2) is 22.7 Å². The van der Waals surface area contributed by atoms with Crippen LogP contribution < -0.4 is 10.2 Å². The molecular formula is C25H17N3O3S. The number of hydrogen-bond donors (Lipinski definition) is 1. The Labute approximate surface area is 188 Å². The van der Waals surface area contributed by atoms with Gasteiger partial charge in [-0.05, 0) is 37.3 Å². The summed E-state index contributed by atoms with van der Waals surface area (Å²) >= 11 is 1.39. The summed E-state index contributed by atoms with van der Waals surface area (Å²) in [5.41, 5.74) is 4.02. The van der Waals surface area contributed by atoms with Gasteiger partial charge in [-0.2, -0.15) is 0 Å². The van der Waals surface area contributed by atoms with E-state index >= 15 is 0 Å². The molecule has 0 bridgehead atoms. The maximum absolute atomic E-state index is 12.7. The van der Waals surface area contributed by atoms with Crippen molar-refractivity contribution >= 4 is 40.4 Å². The van der Waals surface area contributed by atoms with Crippen LogP contribution in [0.2, 0.25) is 0 Å². The molecule has 0 unspecified atom stereocenters. The Morgan fingerprint density at radius 2 is 1.59 bits per heavy atom. The van der Waals surface area contributed by atoms with E-state index in [4.69, 9.17) is 0 Å². The number of rotatable bonds is 4. The summed E-state index contributed by atoms with van der Waals surface area (Å²) in [6.45, 7) is 2.01. The normalized spacial score (nSPS) is 12.7. The van der Waals surface area contributed by atoms with Crippen molar-refractivity contribution in [3.05, 3.63) is 101 Å². The standard InChI is InChI=1S/C25H17N3O3S/c1-15-9-11-16(12-10-15)23-27-21(14-32-23)22(29)26-17-5-4-6-18(13-17)28-24(30)19-7-2-3-8-20(19)25(28)31/h2-14H,1H3,(H,26,29). The van der Waals surface area contributed by atoms with Crippen LogP contribution >= 0.6 is 11.3 Å². The number of carbonyl (C=O) groups is 3. The van der Waals surface area contributed by atoms with Crippen LogP contribution in [0.1, 0.15) is 36.8 Å². The first-order chi connectivity index (χ1) is 15.5. The molecule has 0 radical (unpaired) electrons. The summed E-state index contributed by atoms with van der Waals surface area (Å²) < 4.78 is 0. The fourth-order valence-electron chi connectivity index (χ4n) is 3.55. The molecule has 4 aromatic rings. The molecular weight excluding hydrogens is 422 g/mol. The molecule has 2 heterocycles. The van der Waals surface area contributed by atoms with Gasteiger partial charge in [-0.1, -0.05) is 48.0 Å². The lowest BCUT2D eigenvalue weighted by Gasteiger charge is -2.15. The number of nitrogens with zero attached hydrogens (tertiary/aromatic N) is 2. The zero-order chi connectivity index (χ0) is 22.2. The Morgan fingerprint density at radius 1 is 0.906 bits per heavy atom. The Balaban J connectivity index is 1.36. The lowest BCUT2D eigenvalue weighted by molar-refractivity contribution is 0.0925. The number of thiazole rings is 1. The van der Waals surface area contributed by atoms with Gasteiger partial charge in [0.1, 0.15) is 10.7 Å². The Hall–Kier alpha value is -4.10. The fourth-order valence-corrected chi connectivity index (χ4v) is 4.35. The van der Waals surface area contributed by atoms with Gasteiger partial charge in [0, 0.05) is 16.6 Å². The maximum atomic E-state index is 12.7. The van der Waals surface area contributed by atoms with E-state index in [1.54, 1.807) is 53.9 Å². The summed E-state index contributed by atoms with van der Waals surface area (Å²) in [5.74, 6) is -1.12. The number of carbonyl (C=O) groups excluding carboxylic acids is 3. The zero-order valence-corrected chi connectivity index (χ0v) is 17.8. The molecule has 0 fully saturated rings. The first-order valence-corrected chi connectivity index (χ1v) is 10.8. The van der Waals surface area contributed by atoms with Gasteiger partial charge < -0.3 is 5.32 Å². The molecule has 0 saturated carbocycles. The minimum absolute atomic E-state index is 0.303. The number of nitrogens with one attached hydrogen (secondary N) is 1. The Bertz CT molecular complexity index is 1340. The third kappa shape index (κ3) is 3.48. The van der Waals surface area contributed by atoms with Crippen LogP contribution in [0.3, 0.4) is 0 Å². The average molecular weight is 439 g/mol. The Kier molecular flexibility index (Phi) is 4.88. The second-order valence-corrected chi connectivity index (χ2v) is 8.26. The van der Waals surface area contributed by atoms with Crippen molar-refractivity contribution in [3.8, 4) is 10.6 Å². The highest BCUT2D eigenvalue weighted by molar-refractivity contribution is 7.13. The predicted octanol–water partition coefficient (Wildman–Crippen LogP) is 5.17. The van der Waals surface area contributed by atoms with Gasteiger partial charge >= 0.3 is 0 Å². The number of fused-ring (bicyclic) bond motifs is 1. The minimum Gasteiger partial charge on any atom is -0.321 e. The second-order valence-electron chi connectivity index (χ2n) is 7.40. The van der Waals surface area contributed by atoms with Gasteiger partial charge in [0.2, 0.25) is 0 Å². The molecule has 5 rings (SSSR count). The van der Waals surface area contributed by atoms with Crippen molar-refractivity contribution in [3.63, 3.8) is 0 Å². The number of aromatic nitrogens is 1. The summed E-state index contributed by atoms with van der Waals surface area (Å²) in [6, 6.07) is 21.3. The quantitative estimate of drug-likeness (QED) is 0.445. The molecule has 1 aliphatic rings. The first kappa shape index (κ1) is 19.8. The molecule has 3 amide bonds. The molecule has 156 valence electrons. The van der Waals surface area contributed by atoms with Gasteiger partial charge in [-0.25, -0.2) is 9.88 Å². The molecule has 1 aromatic heterocycles. The van der Waals surface area contributed by atoms with Crippen LogP contribution in [0.25, 0.3) is 10.6 Å². The van der Waals surface area contributed by atoms with Crippen molar-refractivity contribution in [2.75, 3.05) is 10.2 Å². The number of anilines is 2. The zero-order valence-electron chi connectivity index (χ0n) is 17.0. The van der Waals surface area contributed by atoms with Crippen molar-refractivity contribution in [2.24, 2.45) is 0 Å². The van der Waals surface area contributed by atoms with E-state index < -0.39 is 0 Å². The smallest absolute Gasteiger partial charge is 0.275 e. The van der Waals surface area contributed by atoms with Gasteiger partial charge in [-0.15, -0.1) is 11.3 Å². The highest BCUT2D eigenvalue weighted by Gasteiger charge is 2.36. The summed E-state index contributed by atoms with van der Waals surface area (Å²) in [4.78, 5) is 43.8. The third-order valence-corrected chi connectivity index (χ3v) is 6.08. The molecule has 1 N–H and O–H groups in total. The number of imide groups is 1. The third-order valence-electron chi connectivity index (χ3n) is 5.19. The monoisotopic (exact) mass is 439 g/mol. The second kappa shape index (κ2) is 7.86. The van der Waals surface area contributed by atoms with Crippen LogP contribution in [0, 0.1) is 6.92 Å². The molecule has 7 heteroatoms. The topological polar surface area (TPSA) is 79.4 Å². The van der Waals surface area contributed by atoms with E-state index in [1.165, 1.54) is 11.3 Å². The molecule has 1 aliphatic heterocycles. The van der Waals surface area contributed by atoms with E-state index in [1.807, 2.05) is 31.2 Å². The lowest BCUT2D eigenvalue weighted by Crippen LogP contribution is -2.29. The SMILES string of the molecule is Cc1ccc(-c2nc(C(=O)Nc3cccc(N4C(=O)c5ccccc5C4=O)c3)cs2)cc1. The van der Waals surface area contributed by atoms with E-state index in [0.29, 0.717) is 28.2 Å². The van der Waals surface area contributed by atoms with Crippen molar-refractivity contribution in [2.45, 2.75) is 6.92 Å². The molecule has 0 saturated heterocycles. The summed E-state index contributed by atoms with van der Waals surface area (Å²) in [5, 5.41) is 5.27. The maximum Gasteiger partial charge on any atom is 0.275 e. The van der Waals surface area contributed by atoms with Crippen molar-refractivity contribution < 1.29 is 14.4 Å². The minimum atomic E-state index is -0.378. The molecule has 6 nitrogen and oxygen atoms in total. The first-order valence-electron chi connectivity index (χ1n) is 9.93. The van der Waals surface area contributed by atoms with E-state index in [0.717, 1.165) is 21.0 Å². The van der Waals surface area contributed by atoms with Crippen LogP contribution in [0.5, 0.6) is 0 Å². The molecule has 32 heavy (non-hydrogen) atoms. The summed E-state index contributed by atoms with van der Waals surface area (Å²) in [6.07, 6.45) is 0. The number of aryl methyl sites for hydroxylation is 1. The molecule has 0 spiro atoms. The van der Waals surface area contributed by atoms with Crippen LogP contribution in [0.4, 0.5) is 11.4 Å². The van der Waals surface area contributed by atoms with E-state index in [9.17, 15) is 14.4 Å². The largest absolute Gasteiger partial charge is 0.321 e. The Morgan fingerprint density at radius 3 is 2.28 bits per heavy atom. The predicted molar refractivity (Wildman–Crippen MR) is 124 cm³/mol. The average Bonchev–Trinajstić information content (AvgIpc) is 3.39. The lowest BCUT2D eigenvalue weighted by atomic mass is 10.1. The number of hydrogen-bond acceptors (Lipinski definition) is 5. The van der Waals surface area contributed by atoms with Crippen LogP contribution in [-0.2, 0) is 0 Å². The van der Waals surface area contributed by atoms with Gasteiger partial charge in [0.15, 0.2) is 0 Å². The molecule has 0 aliphatic carbocycles. The summed E-state index contributed by atoms with van der Waals surface area (Å²) in [7, 11) is 0. The highest BCUT2D eigenvalue weighted by atomic mass is 32.1. The number of amides is 3. The van der Waals surface area contributed by atoms with Gasteiger partial charge in [0.25, 0.3) is 17.7 Å². The molecule has 0 atom stereocenters. The highest BCUT2D eigenvalue weighted by Crippen LogP contribution is 2.30. The fraction of sp³-hybridized carbons (Fsp3) is 0.0400. The van der Waals surface area contributed by atoms with Gasteiger partial charge in [0.05, 0.1) is 16.8 Å². The van der Waals surface area contributed by atoms with Crippen molar-refractivity contribution in [1.29, 1.82) is 0 Å². The molecule has 3 aromatic carbocycles.